The summed E-state index contributed by atoms with van der Waals surface area (Å²) in [7, 11) is 0. The van der Waals surface area contributed by atoms with E-state index >= 15 is 0 Å². The monoisotopic (exact) mass is 228 g/mol. The van der Waals surface area contributed by atoms with Crippen LogP contribution in [0.5, 0.6) is 0 Å². The van der Waals surface area contributed by atoms with Gasteiger partial charge in [-0.3, -0.25) is 10.2 Å². The maximum Gasteiger partial charge on any atom is 0.337 e. The van der Waals surface area contributed by atoms with E-state index in [0.29, 0.717) is 11.2 Å². The number of aromatic amines is 2. The van der Waals surface area contributed by atoms with Crippen molar-refractivity contribution < 1.29 is 9.90 Å². The molecule has 3 N–H and O–H groups in total. The number of nitrogens with one attached hydrogen (secondary N) is 2. The second-order valence-electron chi connectivity index (χ2n) is 3.59. The lowest BCUT2D eigenvalue weighted by atomic mass is 10.1. The average Bonchev–Trinajstić information content (AvgIpc) is 2.96. The SMILES string of the molecule is O=C(O)c1cccc2c(-c3cn[nH]c3)n[nH]c12. The summed E-state index contributed by atoms with van der Waals surface area (Å²) in [5, 5.41) is 23.3. The Hall–Kier alpha value is -2.63. The van der Waals surface area contributed by atoms with Crippen molar-refractivity contribution in [1.82, 2.24) is 20.4 Å². The third-order valence-electron chi connectivity index (χ3n) is 2.60. The van der Waals surface area contributed by atoms with Gasteiger partial charge in [-0.15, -0.1) is 0 Å². The van der Waals surface area contributed by atoms with Crippen LogP contribution in [0.4, 0.5) is 0 Å². The van der Waals surface area contributed by atoms with Crippen molar-refractivity contribution in [2.24, 2.45) is 0 Å². The van der Waals surface area contributed by atoms with Crippen LogP contribution in [0.25, 0.3) is 22.2 Å². The van der Waals surface area contributed by atoms with Crippen LogP contribution in [0.2, 0.25) is 0 Å². The summed E-state index contributed by atoms with van der Waals surface area (Å²) >= 11 is 0. The normalized spacial score (nSPS) is 10.8. The molecule has 84 valence electrons. The van der Waals surface area contributed by atoms with Gasteiger partial charge in [-0.05, 0) is 6.07 Å². The van der Waals surface area contributed by atoms with Crippen LogP contribution in [0, 0.1) is 0 Å². The lowest BCUT2D eigenvalue weighted by molar-refractivity contribution is 0.0699. The van der Waals surface area contributed by atoms with E-state index in [2.05, 4.69) is 20.4 Å². The third-order valence-corrected chi connectivity index (χ3v) is 2.60. The zero-order valence-corrected chi connectivity index (χ0v) is 8.64. The Bertz CT molecular complexity index is 685. The molecule has 0 radical (unpaired) electrons. The molecule has 17 heavy (non-hydrogen) atoms. The molecule has 2 aromatic heterocycles. The molecule has 0 unspecified atom stereocenters. The van der Waals surface area contributed by atoms with E-state index in [1.165, 1.54) is 0 Å². The zero-order chi connectivity index (χ0) is 11.8. The van der Waals surface area contributed by atoms with Gasteiger partial charge in [-0.25, -0.2) is 4.79 Å². The largest absolute Gasteiger partial charge is 0.478 e. The Kier molecular flexibility index (Phi) is 1.94. The van der Waals surface area contributed by atoms with Crippen LogP contribution in [-0.4, -0.2) is 31.5 Å². The van der Waals surface area contributed by atoms with Crippen molar-refractivity contribution in [2.75, 3.05) is 0 Å². The van der Waals surface area contributed by atoms with Crippen LogP contribution in [-0.2, 0) is 0 Å². The fourth-order valence-electron chi connectivity index (χ4n) is 1.82. The first-order valence-electron chi connectivity index (χ1n) is 4.97. The van der Waals surface area contributed by atoms with Gasteiger partial charge in [0.1, 0.15) is 5.69 Å². The summed E-state index contributed by atoms with van der Waals surface area (Å²) in [6.07, 6.45) is 3.35. The van der Waals surface area contributed by atoms with Crippen molar-refractivity contribution in [3.63, 3.8) is 0 Å². The molecule has 3 aromatic rings. The van der Waals surface area contributed by atoms with E-state index in [9.17, 15) is 4.79 Å². The first kappa shape index (κ1) is 9.59. The van der Waals surface area contributed by atoms with Gasteiger partial charge in [0.25, 0.3) is 0 Å². The molecule has 0 bridgehead atoms. The molecule has 0 fully saturated rings. The number of nitrogens with zero attached hydrogens (tertiary/aromatic N) is 2. The van der Waals surface area contributed by atoms with Crippen LogP contribution in [0.3, 0.4) is 0 Å². The van der Waals surface area contributed by atoms with Crippen molar-refractivity contribution >= 4 is 16.9 Å². The summed E-state index contributed by atoms with van der Waals surface area (Å²) in [4.78, 5) is 11.0. The highest BCUT2D eigenvalue weighted by Crippen LogP contribution is 2.27. The minimum absolute atomic E-state index is 0.213. The molecule has 3 rings (SSSR count). The second-order valence-corrected chi connectivity index (χ2v) is 3.59. The molecule has 0 aliphatic heterocycles. The van der Waals surface area contributed by atoms with Gasteiger partial charge in [0.2, 0.25) is 0 Å². The van der Waals surface area contributed by atoms with Crippen molar-refractivity contribution in [3.05, 3.63) is 36.2 Å². The van der Waals surface area contributed by atoms with E-state index in [1.807, 2.05) is 6.07 Å². The average molecular weight is 228 g/mol. The summed E-state index contributed by atoms with van der Waals surface area (Å²) in [5.74, 6) is -0.974. The number of carbonyl (C=O) groups is 1. The molecular weight excluding hydrogens is 220 g/mol. The van der Waals surface area contributed by atoms with Crippen LogP contribution < -0.4 is 0 Å². The molecule has 1 aromatic carbocycles. The van der Waals surface area contributed by atoms with Gasteiger partial charge in [-0.2, -0.15) is 10.2 Å². The number of hydrogen-bond acceptors (Lipinski definition) is 3. The maximum absolute atomic E-state index is 11.0. The number of H-pyrrole nitrogens is 2. The highest BCUT2D eigenvalue weighted by atomic mass is 16.4. The van der Waals surface area contributed by atoms with Gasteiger partial charge in [0.15, 0.2) is 0 Å². The number of hydrogen-bond donors (Lipinski definition) is 3. The summed E-state index contributed by atoms with van der Waals surface area (Å²) < 4.78 is 0. The number of aromatic nitrogens is 4. The Morgan fingerprint density at radius 2 is 2.24 bits per heavy atom. The second kappa shape index (κ2) is 3.44. The highest BCUT2D eigenvalue weighted by Gasteiger charge is 2.14. The fourth-order valence-corrected chi connectivity index (χ4v) is 1.82. The Balaban J connectivity index is 2.31. The summed E-state index contributed by atoms with van der Waals surface area (Å²) in [6.45, 7) is 0. The van der Waals surface area contributed by atoms with Gasteiger partial charge in [0.05, 0.1) is 17.3 Å². The third kappa shape index (κ3) is 1.38. The number of carboxylic acids is 1. The highest BCUT2D eigenvalue weighted by molar-refractivity contribution is 6.05. The maximum atomic E-state index is 11.0. The van der Waals surface area contributed by atoms with E-state index < -0.39 is 5.97 Å². The van der Waals surface area contributed by atoms with Crippen LogP contribution >= 0.6 is 0 Å². The first-order valence-corrected chi connectivity index (χ1v) is 4.97. The predicted molar refractivity (Wildman–Crippen MR) is 60.6 cm³/mol. The molecule has 0 saturated carbocycles. The smallest absolute Gasteiger partial charge is 0.337 e. The molecule has 0 aliphatic carbocycles. The lowest BCUT2D eigenvalue weighted by Crippen LogP contribution is -1.96. The zero-order valence-electron chi connectivity index (χ0n) is 8.64. The van der Waals surface area contributed by atoms with Gasteiger partial charge >= 0.3 is 5.97 Å². The van der Waals surface area contributed by atoms with E-state index in [4.69, 9.17) is 5.11 Å². The molecule has 6 heteroatoms. The number of carboxylic acid groups (broad SMARTS) is 1. The first-order chi connectivity index (χ1) is 8.27. The van der Waals surface area contributed by atoms with Crippen LogP contribution in [0.15, 0.2) is 30.6 Å². The predicted octanol–water partition coefficient (Wildman–Crippen LogP) is 1.65. The fraction of sp³-hybridized carbons (Fsp3) is 0. The van der Waals surface area contributed by atoms with E-state index in [0.717, 1.165) is 10.9 Å². The minimum Gasteiger partial charge on any atom is -0.478 e. The van der Waals surface area contributed by atoms with Crippen molar-refractivity contribution in [2.45, 2.75) is 0 Å². The summed E-state index contributed by atoms with van der Waals surface area (Å²) in [6, 6.07) is 5.07. The molecule has 2 heterocycles. The molecule has 0 atom stereocenters. The van der Waals surface area contributed by atoms with Gasteiger partial charge < -0.3 is 5.11 Å². The molecule has 0 amide bonds. The lowest BCUT2D eigenvalue weighted by Gasteiger charge is -1.96. The van der Waals surface area contributed by atoms with E-state index in [1.54, 1.807) is 24.5 Å². The number of rotatable bonds is 2. The quantitative estimate of drug-likeness (QED) is 0.621. The number of para-hydroxylation sites is 1. The Morgan fingerprint density at radius 3 is 2.94 bits per heavy atom. The Morgan fingerprint density at radius 1 is 1.35 bits per heavy atom. The van der Waals surface area contributed by atoms with Gasteiger partial charge in [-0.1, -0.05) is 12.1 Å². The molecule has 0 spiro atoms. The topological polar surface area (TPSA) is 94.7 Å². The molecule has 0 aliphatic rings. The minimum atomic E-state index is -0.974. The summed E-state index contributed by atoms with van der Waals surface area (Å²) in [5.41, 5.74) is 2.25. The molecule has 0 saturated heterocycles. The molecular formula is C11H8N4O2. The van der Waals surface area contributed by atoms with Gasteiger partial charge in [0, 0.05) is 17.1 Å². The van der Waals surface area contributed by atoms with Crippen molar-refractivity contribution in [1.29, 1.82) is 0 Å². The standard InChI is InChI=1S/C11H8N4O2/c16-11(17)8-3-1-2-7-9(14-15-10(7)8)6-4-12-13-5-6/h1-5H,(H,12,13)(H,14,15)(H,16,17). The molecule has 6 nitrogen and oxygen atoms in total. The van der Waals surface area contributed by atoms with Crippen LogP contribution in [0.1, 0.15) is 10.4 Å². The number of fused-ring (bicyclic) bond motifs is 1. The van der Waals surface area contributed by atoms with E-state index in [-0.39, 0.29) is 5.56 Å². The number of aromatic carboxylic acids is 1. The Labute approximate surface area is 95.3 Å². The van der Waals surface area contributed by atoms with Crippen molar-refractivity contribution in [3.8, 4) is 11.3 Å². The number of benzene rings is 1.